The zero-order chi connectivity index (χ0) is 14.3. The van der Waals surface area contributed by atoms with Crippen molar-refractivity contribution in [3.8, 4) is 0 Å². The summed E-state index contributed by atoms with van der Waals surface area (Å²) in [5, 5.41) is 12.4. The van der Waals surface area contributed by atoms with Gasteiger partial charge in [-0.15, -0.1) is 0 Å². The summed E-state index contributed by atoms with van der Waals surface area (Å²) in [5.74, 6) is 0.614. The normalized spacial score (nSPS) is 28.5. The number of hydrogen-bond acceptors (Lipinski definition) is 3. The van der Waals surface area contributed by atoms with Crippen molar-refractivity contribution in [2.24, 2.45) is 11.8 Å². The Hall–Kier alpha value is -1.39. The molecule has 108 valence electrons. The highest BCUT2D eigenvalue weighted by molar-refractivity contribution is 5.87. The molecule has 0 saturated carbocycles. The number of carboxylic acid groups (broad SMARTS) is 1. The molecule has 2 atom stereocenters. The van der Waals surface area contributed by atoms with Gasteiger partial charge in [0.1, 0.15) is 0 Å². The highest BCUT2D eigenvalue weighted by Crippen LogP contribution is 2.41. The van der Waals surface area contributed by atoms with E-state index in [4.69, 9.17) is 5.11 Å². The van der Waals surface area contributed by atoms with Crippen LogP contribution in [-0.2, 0) is 6.54 Å². The largest absolute Gasteiger partial charge is 0.478 e. The molecule has 0 aromatic heterocycles. The Morgan fingerprint density at radius 2 is 2.05 bits per heavy atom. The van der Waals surface area contributed by atoms with Crippen LogP contribution in [0.4, 0.5) is 0 Å². The molecule has 1 aromatic rings. The highest BCUT2D eigenvalue weighted by Gasteiger charge is 2.49. The Kier molecular flexibility index (Phi) is 3.30. The van der Waals surface area contributed by atoms with Crippen LogP contribution >= 0.6 is 0 Å². The van der Waals surface area contributed by atoms with Crippen LogP contribution in [0.2, 0.25) is 0 Å². The lowest BCUT2D eigenvalue weighted by molar-refractivity contribution is 0.0696. The Bertz CT molecular complexity index is 510. The average Bonchev–Trinajstić information content (AvgIpc) is 2.94. The second kappa shape index (κ2) is 4.86. The third-order valence-corrected chi connectivity index (χ3v) is 5.09. The molecular formula is C16H22N2O2. The van der Waals surface area contributed by atoms with Crippen molar-refractivity contribution < 1.29 is 9.90 Å². The number of benzene rings is 1. The molecule has 1 aromatic carbocycles. The van der Waals surface area contributed by atoms with Crippen LogP contribution in [0.15, 0.2) is 24.3 Å². The molecule has 2 saturated heterocycles. The molecule has 2 aliphatic heterocycles. The summed E-state index contributed by atoms with van der Waals surface area (Å²) in [6, 6.07) is 7.27. The standard InChI is InChI=1S/C16H22N2O2/c1-16(2)14-8-17-7-13(14)10-18(16)9-11-3-5-12(6-4-11)15(19)20/h3-6,13-14,17H,7-10H2,1-2H3,(H,19,20). The number of hydrogen-bond donors (Lipinski definition) is 2. The van der Waals surface area contributed by atoms with Gasteiger partial charge < -0.3 is 10.4 Å². The lowest BCUT2D eigenvalue weighted by Crippen LogP contribution is -2.43. The van der Waals surface area contributed by atoms with Crippen molar-refractivity contribution in [2.75, 3.05) is 19.6 Å². The van der Waals surface area contributed by atoms with Crippen molar-refractivity contribution in [2.45, 2.75) is 25.9 Å². The van der Waals surface area contributed by atoms with E-state index in [0.29, 0.717) is 5.56 Å². The van der Waals surface area contributed by atoms with Gasteiger partial charge in [0, 0.05) is 25.2 Å². The number of carbonyl (C=O) groups is 1. The summed E-state index contributed by atoms with van der Waals surface area (Å²) in [6.45, 7) is 8.94. The molecule has 0 amide bonds. The number of rotatable bonds is 3. The minimum Gasteiger partial charge on any atom is -0.478 e. The maximum absolute atomic E-state index is 10.9. The third kappa shape index (κ3) is 2.23. The van der Waals surface area contributed by atoms with Gasteiger partial charge in [-0.2, -0.15) is 0 Å². The molecule has 0 bridgehead atoms. The molecule has 2 fully saturated rings. The van der Waals surface area contributed by atoms with Crippen LogP contribution < -0.4 is 5.32 Å². The predicted molar refractivity (Wildman–Crippen MR) is 77.7 cm³/mol. The van der Waals surface area contributed by atoms with E-state index < -0.39 is 5.97 Å². The van der Waals surface area contributed by atoms with E-state index >= 15 is 0 Å². The van der Waals surface area contributed by atoms with Gasteiger partial charge in [-0.1, -0.05) is 12.1 Å². The summed E-state index contributed by atoms with van der Waals surface area (Å²) in [6.07, 6.45) is 0. The smallest absolute Gasteiger partial charge is 0.335 e. The fourth-order valence-electron chi connectivity index (χ4n) is 3.75. The van der Waals surface area contributed by atoms with E-state index in [-0.39, 0.29) is 5.54 Å². The number of aromatic carboxylic acids is 1. The number of carboxylic acids is 1. The van der Waals surface area contributed by atoms with Gasteiger partial charge in [-0.3, -0.25) is 4.90 Å². The fraction of sp³-hybridized carbons (Fsp3) is 0.562. The first kappa shape index (κ1) is 13.6. The van der Waals surface area contributed by atoms with Crippen LogP contribution in [0.5, 0.6) is 0 Å². The number of likely N-dealkylation sites (tertiary alicyclic amines) is 1. The lowest BCUT2D eigenvalue weighted by Gasteiger charge is -2.35. The van der Waals surface area contributed by atoms with Crippen LogP contribution in [0.1, 0.15) is 29.8 Å². The van der Waals surface area contributed by atoms with E-state index in [9.17, 15) is 4.79 Å². The molecule has 2 heterocycles. The maximum atomic E-state index is 10.9. The fourth-order valence-corrected chi connectivity index (χ4v) is 3.75. The van der Waals surface area contributed by atoms with Gasteiger partial charge in [0.2, 0.25) is 0 Å². The van der Waals surface area contributed by atoms with Gasteiger partial charge >= 0.3 is 5.97 Å². The summed E-state index contributed by atoms with van der Waals surface area (Å²) in [4.78, 5) is 13.4. The molecule has 20 heavy (non-hydrogen) atoms. The summed E-state index contributed by atoms with van der Waals surface area (Å²) >= 11 is 0. The molecule has 2 unspecified atom stereocenters. The molecule has 2 N–H and O–H groups in total. The monoisotopic (exact) mass is 274 g/mol. The van der Waals surface area contributed by atoms with Crippen molar-refractivity contribution >= 4 is 5.97 Å². The Morgan fingerprint density at radius 3 is 2.65 bits per heavy atom. The van der Waals surface area contributed by atoms with Crippen LogP contribution in [0, 0.1) is 11.8 Å². The zero-order valence-electron chi connectivity index (χ0n) is 12.1. The topological polar surface area (TPSA) is 52.6 Å². The average molecular weight is 274 g/mol. The molecule has 0 spiro atoms. The van der Waals surface area contributed by atoms with Crippen molar-refractivity contribution in [3.63, 3.8) is 0 Å². The molecule has 4 heteroatoms. The van der Waals surface area contributed by atoms with Crippen molar-refractivity contribution in [1.29, 1.82) is 0 Å². The molecular weight excluding hydrogens is 252 g/mol. The first-order valence-corrected chi connectivity index (χ1v) is 7.26. The summed E-state index contributed by atoms with van der Waals surface area (Å²) < 4.78 is 0. The lowest BCUT2D eigenvalue weighted by atomic mass is 9.85. The third-order valence-electron chi connectivity index (χ3n) is 5.09. The van der Waals surface area contributed by atoms with E-state index in [2.05, 4.69) is 24.1 Å². The summed E-state index contributed by atoms with van der Waals surface area (Å²) in [7, 11) is 0. The highest BCUT2D eigenvalue weighted by atomic mass is 16.4. The quantitative estimate of drug-likeness (QED) is 0.882. The van der Waals surface area contributed by atoms with E-state index in [0.717, 1.165) is 38.0 Å². The molecule has 0 radical (unpaired) electrons. The van der Waals surface area contributed by atoms with Crippen molar-refractivity contribution in [3.05, 3.63) is 35.4 Å². The minimum atomic E-state index is -0.862. The second-order valence-corrected chi connectivity index (χ2v) is 6.56. The molecule has 4 nitrogen and oxygen atoms in total. The van der Waals surface area contributed by atoms with Gasteiger partial charge in [0.25, 0.3) is 0 Å². The number of nitrogens with zero attached hydrogens (tertiary/aromatic N) is 1. The predicted octanol–water partition coefficient (Wildman–Crippen LogP) is 1.81. The summed E-state index contributed by atoms with van der Waals surface area (Å²) in [5.41, 5.74) is 1.76. The minimum absolute atomic E-state index is 0.208. The first-order valence-electron chi connectivity index (χ1n) is 7.26. The first-order chi connectivity index (χ1) is 9.48. The van der Waals surface area contributed by atoms with Gasteiger partial charge in [-0.25, -0.2) is 4.79 Å². The van der Waals surface area contributed by atoms with Crippen LogP contribution in [0.25, 0.3) is 0 Å². The zero-order valence-corrected chi connectivity index (χ0v) is 12.1. The van der Waals surface area contributed by atoms with Gasteiger partial charge in [0.15, 0.2) is 0 Å². The maximum Gasteiger partial charge on any atom is 0.335 e. The molecule has 0 aliphatic carbocycles. The Balaban J connectivity index is 1.73. The van der Waals surface area contributed by atoms with Crippen LogP contribution in [-0.4, -0.2) is 41.1 Å². The van der Waals surface area contributed by atoms with E-state index in [1.807, 2.05) is 12.1 Å². The molecule has 2 aliphatic rings. The van der Waals surface area contributed by atoms with Crippen molar-refractivity contribution in [1.82, 2.24) is 10.2 Å². The number of nitrogens with one attached hydrogen (secondary N) is 1. The Labute approximate surface area is 119 Å². The van der Waals surface area contributed by atoms with Crippen LogP contribution in [0.3, 0.4) is 0 Å². The SMILES string of the molecule is CC1(C)C2CNCC2CN1Cc1ccc(C(=O)O)cc1. The number of fused-ring (bicyclic) bond motifs is 1. The second-order valence-electron chi connectivity index (χ2n) is 6.56. The van der Waals surface area contributed by atoms with E-state index in [1.165, 1.54) is 5.56 Å². The molecule has 3 rings (SSSR count). The van der Waals surface area contributed by atoms with Gasteiger partial charge in [-0.05, 0) is 49.9 Å². The Morgan fingerprint density at radius 1 is 1.35 bits per heavy atom. The van der Waals surface area contributed by atoms with Gasteiger partial charge in [0.05, 0.1) is 5.56 Å². The van der Waals surface area contributed by atoms with E-state index in [1.54, 1.807) is 12.1 Å².